The first-order valence-corrected chi connectivity index (χ1v) is 6.67. The van der Waals surface area contributed by atoms with Crippen LogP contribution < -0.4 is 14.2 Å². The van der Waals surface area contributed by atoms with Gasteiger partial charge < -0.3 is 14.2 Å². The molecule has 0 fully saturated rings. The van der Waals surface area contributed by atoms with Gasteiger partial charge in [0.2, 0.25) is 0 Å². The molecule has 0 N–H and O–H groups in total. The number of ether oxygens (including phenoxy) is 3. The van der Waals surface area contributed by atoms with Crippen molar-refractivity contribution in [3.8, 4) is 23.0 Å². The molecule has 21 heavy (non-hydrogen) atoms. The molecule has 0 unspecified atom stereocenters. The van der Waals surface area contributed by atoms with Crippen LogP contribution in [-0.4, -0.2) is 13.2 Å². The third-order valence-electron chi connectivity index (χ3n) is 2.57. The number of hydrogen-bond donors (Lipinski definition) is 0. The number of benzene rings is 2. The molecular formula is C18H18O3. The van der Waals surface area contributed by atoms with Crippen molar-refractivity contribution in [1.29, 1.82) is 0 Å². The Morgan fingerprint density at radius 1 is 0.714 bits per heavy atom. The van der Waals surface area contributed by atoms with Crippen LogP contribution in [0.2, 0.25) is 0 Å². The van der Waals surface area contributed by atoms with E-state index in [1.807, 2.05) is 48.5 Å². The summed E-state index contributed by atoms with van der Waals surface area (Å²) >= 11 is 0. The highest BCUT2D eigenvalue weighted by molar-refractivity contribution is 5.44. The SMILES string of the molecule is C=CCOc1cc(OCC=C)cc(Oc2ccccc2)c1. The van der Waals surface area contributed by atoms with Crippen molar-refractivity contribution in [2.45, 2.75) is 0 Å². The molecule has 0 aliphatic rings. The molecule has 0 radical (unpaired) electrons. The average molecular weight is 282 g/mol. The van der Waals surface area contributed by atoms with Crippen molar-refractivity contribution in [2.24, 2.45) is 0 Å². The molecule has 0 aliphatic heterocycles. The van der Waals surface area contributed by atoms with Crippen molar-refractivity contribution in [1.82, 2.24) is 0 Å². The van der Waals surface area contributed by atoms with Gasteiger partial charge in [-0.05, 0) is 12.1 Å². The topological polar surface area (TPSA) is 27.7 Å². The Kier molecular flexibility index (Phi) is 5.47. The Morgan fingerprint density at radius 2 is 1.24 bits per heavy atom. The molecular weight excluding hydrogens is 264 g/mol. The molecule has 0 heterocycles. The minimum Gasteiger partial charge on any atom is -0.489 e. The smallest absolute Gasteiger partial charge is 0.134 e. The highest BCUT2D eigenvalue weighted by atomic mass is 16.5. The van der Waals surface area contributed by atoms with Crippen LogP contribution >= 0.6 is 0 Å². The van der Waals surface area contributed by atoms with Gasteiger partial charge in [-0.1, -0.05) is 43.5 Å². The van der Waals surface area contributed by atoms with Crippen molar-refractivity contribution in [2.75, 3.05) is 13.2 Å². The first kappa shape index (κ1) is 14.7. The predicted octanol–water partition coefficient (Wildman–Crippen LogP) is 4.61. The molecule has 0 atom stereocenters. The Hall–Kier alpha value is -2.68. The number of rotatable bonds is 8. The predicted molar refractivity (Wildman–Crippen MR) is 84.3 cm³/mol. The molecule has 2 aromatic rings. The molecule has 0 amide bonds. The fourth-order valence-electron chi connectivity index (χ4n) is 1.71. The van der Waals surface area contributed by atoms with E-state index in [1.165, 1.54) is 0 Å². The average Bonchev–Trinajstić information content (AvgIpc) is 2.52. The molecule has 3 nitrogen and oxygen atoms in total. The van der Waals surface area contributed by atoms with Crippen LogP contribution in [0.4, 0.5) is 0 Å². The minimum atomic E-state index is 0.426. The third kappa shape index (κ3) is 4.73. The van der Waals surface area contributed by atoms with Gasteiger partial charge in [0.25, 0.3) is 0 Å². The second-order valence-electron chi connectivity index (χ2n) is 4.25. The van der Waals surface area contributed by atoms with Gasteiger partial charge in [-0.15, -0.1) is 0 Å². The van der Waals surface area contributed by atoms with E-state index < -0.39 is 0 Å². The van der Waals surface area contributed by atoms with Crippen molar-refractivity contribution < 1.29 is 14.2 Å². The van der Waals surface area contributed by atoms with E-state index in [1.54, 1.807) is 12.2 Å². The molecule has 0 aromatic heterocycles. The zero-order valence-corrected chi connectivity index (χ0v) is 11.8. The van der Waals surface area contributed by atoms with Crippen LogP contribution in [0.25, 0.3) is 0 Å². The molecule has 0 aliphatic carbocycles. The lowest BCUT2D eigenvalue weighted by atomic mass is 10.3. The van der Waals surface area contributed by atoms with Gasteiger partial charge in [-0.3, -0.25) is 0 Å². The molecule has 0 spiro atoms. The van der Waals surface area contributed by atoms with Crippen LogP contribution in [0.15, 0.2) is 73.8 Å². The summed E-state index contributed by atoms with van der Waals surface area (Å²) in [6.07, 6.45) is 3.38. The first-order valence-electron chi connectivity index (χ1n) is 6.67. The van der Waals surface area contributed by atoms with Gasteiger partial charge in [0.15, 0.2) is 0 Å². The first-order chi connectivity index (χ1) is 10.3. The van der Waals surface area contributed by atoms with Crippen LogP contribution in [-0.2, 0) is 0 Å². The zero-order valence-electron chi connectivity index (χ0n) is 11.8. The Balaban J connectivity index is 2.21. The highest BCUT2D eigenvalue weighted by Gasteiger charge is 2.05. The van der Waals surface area contributed by atoms with Crippen LogP contribution in [0.1, 0.15) is 0 Å². The van der Waals surface area contributed by atoms with Crippen LogP contribution in [0, 0.1) is 0 Å². The summed E-state index contributed by atoms with van der Waals surface area (Å²) in [5.74, 6) is 2.75. The van der Waals surface area contributed by atoms with Gasteiger partial charge in [0, 0.05) is 18.2 Å². The second kappa shape index (κ2) is 7.80. The monoisotopic (exact) mass is 282 g/mol. The van der Waals surface area contributed by atoms with Gasteiger partial charge >= 0.3 is 0 Å². The lowest BCUT2D eigenvalue weighted by Gasteiger charge is -2.11. The van der Waals surface area contributed by atoms with E-state index in [9.17, 15) is 0 Å². The molecule has 3 heteroatoms. The standard InChI is InChI=1S/C18H18O3/c1-3-10-19-16-12-17(20-11-4-2)14-18(13-16)21-15-8-6-5-7-9-15/h3-9,12-14H,1-2,10-11H2. The quantitative estimate of drug-likeness (QED) is 0.662. The van der Waals surface area contributed by atoms with E-state index in [4.69, 9.17) is 14.2 Å². The maximum atomic E-state index is 5.81. The fourth-order valence-corrected chi connectivity index (χ4v) is 1.71. The van der Waals surface area contributed by atoms with Crippen molar-refractivity contribution in [3.63, 3.8) is 0 Å². The van der Waals surface area contributed by atoms with Crippen LogP contribution in [0.3, 0.4) is 0 Å². The maximum absolute atomic E-state index is 5.81. The summed E-state index contributed by atoms with van der Waals surface area (Å²) in [5.41, 5.74) is 0. The van der Waals surface area contributed by atoms with Crippen molar-refractivity contribution >= 4 is 0 Å². The molecule has 108 valence electrons. The molecule has 2 rings (SSSR count). The zero-order chi connectivity index (χ0) is 14.9. The van der Waals surface area contributed by atoms with Crippen LogP contribution in [0.5, 0.6) is 23.0 Å². The fraction of sp³-hybridized carbons (Fsp3) is 0.111. The lowest BCUT2D eigenvalue weighted by molar-refractivity contribution is 0.340. The van der Waals surface area contributed by atoms with Gasteiger partial charge in [-0.2, -0.15) is 0 Å². The normalized spacial score (nSPS) is 9.71. The Labute approximate surface area is 125 Å². The van der Waals surface area contributed by atoms with Gasteiger partial charge in [0.1, 0.15) is 36.2 Å². The summed E-state index contributed by atoms with van der Waals surface area (Å²) < 4.78 is 16.9. The largest absolute Gasteiger partial charge is 0.489 e. The van der Waals surface area contributed by atoms with E-state index in [2.05, 4.69) is 13.2 Å². The lowest BCUT2D eigenvalue weighted by Crippen LogP contribution is -1.97. The van der Waals surface area contributed by atoms with Gasteiger partial charge in [0.05, 0.1) is 0 Å². The van der Waals surface area contributed by atoms with Crippen molar-refractivity contribution in [3.05, 3.63) is 73.8 Å². The second-order valence-corrected chi connectivity index (χ2v) is 4.25. The van der Waals surface area contributed by atoms with E-state index in [0.29, 0.717) is 30.5 Å². The summed E-state index contributed by atoms with van der Waals surface area (Å²) in [6, 6.07) is 15.0. The minimum absolute atomic E-state index is 0.426. The summed E-state index contributed by atoms with van der Waals surface area (Å²) in [5, 5.41) is 0. The third-order valence-corrected chi connectivity index (χ3v) is 2.57. The number of hydrogen-bond acceptors (Lipinski definition) is 3. The van der Waals surface area contributed by atoms with E-state index in [-0.39, 0.29) is 0 Å². The summed E-state index contributed by atoms with van der Waals surface area (Å²) in [6.45, 7) is 8.13. The molecule has 0 saturated carbocycles. The van der Waals surface area contributed by atoms with Gasteiger partial charge in [-0.25, -0.2) is 0 Å². The highest BCUT2D eigenvalue weighted by Crippen LogP contribution is 2.31. The molecule has 2 aromatic carbocycles. The number of para-hydroxylation sites is 1. The Morgan fingerprint density at radius 3 is 1.76 bits per heavy atom. The molecule has 0 saturated heterocycles. The summed E-state index contributed by atoms with van der Waals surface area (Å²) in [7, 11) is 0. The molecule has 0 bridgehead atoms. The Bertz CT molecular complexity index is 560. The van der Waals surface area contributed by atoms with E-state index >= 15 is 0 Å². The summed E-state index contributed by atoms with van der Waals surface area (Å²) in [4.78, 5) is 0. The van der Waals surface area contributed by atoms with E-state index in [0.717, 1.165) is 5.75 Å². The maximum Gasteiger partial charge on any atom is 0.134 e.